The molecule has 2 aromatic heterocycles. The monoisotopic (exact) mass is 306 g/mol. The second-order valence-electron chi connectivity index (χ2n) is 3.50. The van der Waals surface area contributed by atoms with Gasteiger partial charge in [-0.15, -0.1) is 0 Å². The zero-order chi connectivity index (χ0) is 15.2. The van der Waals surface area contributed by atoms with Gasteiger partial charge in [0.25, 0.3) is 0 Å². The number of nitrogens with zero attached hydrogens (tertiary/aromatic N) is 2. The highest BCUT2D eigenvalue weighted by Gasteiger charge is 1.83. The number of carbonyl (C=O) groups excluding carboxylic acids is 1. The van der Waals surface area contributed by atoms with Gasteiger partial charge >= 0.3 is 0 Å². The molecule has 0 amide bonds. The Morgan fingerprint density at radius 1 is 0.857 bits per heavy atom. The number of pyridine rings is 2. The summed E-state index contributed by atoms with van der Waals surface area (Å²) in [6, 6.07) is 11.8. The molecule has 0 aliphatic heterocycles. The van der Waals surface area contributed by atoms with Gasteiger partial charge in [0.2, 0.25) is 0 Å². The average molecular weight is 307 g/mol. The topological polar surface area (TPSA) is 47.9 Å². The third-order valence-corrected chi connectivity index (χ3v) is 1.90. The zero-order valence-electron chi connectivity index (χ0n) is 11.9. The molecule has 0 radical (unpaired) electrons. The van der Waals surface area contributed by atoms with Crippen LogP contribution in [0.15, 0.2) is 74.3 Å². The van der Waals surface area contributed by atoms with E-state index in [1.54, 1.807) is 12.4 Å². The van der Waals surface area contributed by atoms with E-state index in [1.807, 2.05) is 70.3 Å². The van der Waals surface area contributed by atoms with Crippen LogP contribution in [0.1, 0.15) is 6.92 Å². The van der Waals surface area contributed by atoms with E-state index in [9.17, 15) is 0 Å². The predicted molar refractivity (Wildman–Crippen MR) is 76.7 cm³/mol. The lowest BCUT2D eigenvalue weighted by Gasteiger charge is -1.79. The molecule has 2 rings (SSSR count). The van der Waals surface area contributed by atoms with Crippen LogP contribution in [0.4, 0.5) is 0 Å². The fourth-order valence-electron chi connectivity index (χ4n) is 1.07. The van der Waals surface area contributed by atoms with Crippen LogP contribution < -0.4 is 26.6 Å². The Kier molecular flexibility index (Phi) is 13.9. The van der Waals surface area contributed by atoms with Crippen LogP contribution >= 0.6 is 0 Å². The Morgan fingerprint density at radius 3 is 1.24 bits per heavy atom. The van der Waals surface area contributed by atoms with Gasteiger partial charge in [0, 0.05) is 30.2 Å². The molecule has 2 aromatic rings. The molecule has 2 heterocycles. The van der Waals surface area contributed by atoms with E-state index in [1.165, 1.54) is 0 Å². The van der Waals surface area contributed by atoms with Crippen molar-refractivity contribution in [2.24, 2.45) is 0 Å². The molecule has 0 unspecified atom stereocenters. The van der Waals surface area contributed by atoms with Crippen LogP contribution in [0.25, 0.3) is 12.4 Å². The summed E-state index contributed by atoms with van der Waals surface area (Å²) in [4.78, 5) is 8.89. The molecule has 0 bridgehead atoms. The van der Waals surface area contributed by atoms with E-state index in [-0.39, 0.29) is 12.4 Å². The van der Waals surface area contributed by atoms with Crippen molar-refractivity contribution in [1.29, 1.82) is 0 Å². The molecule has 0 aliphatic rings. The highest BCUT2D eigenvalue weighted by molar-refractivity contribution is 5.60. The smallest absolute Gasteiger partial charge is 0.174 e. The minimum atomic E-state index is -1.08. The highest BCUT2D eigenvalue weighted by Crippen LogP contribution is 1.75. The number of carbonyl (C=O) groups is 1. The molecule has 112 valence electrons. The number of halogens is 1. The Labute approximate surface area is 131 Å². The van der Waals surface area contributed by atoms with Crippen LogP contribution in [0.5, 0.6) is 0 Å². The summed E-state index contributed by atoms with van der Waals surface area (Å²) < 4.78 is 3.78. The first-order valence-corrected chi connectivity index (χ1v) is 5.94. The summed E-state index contributed by atoms with van der Waals surface area (Å²) in [6.07, 6.45) is 11.2. The molecule has 21 heavy (non-hydrogen) atoms. The van der Waals surface area contributed by atoms with E-state index >= 15 is 0 Å². The van der Waals surface area contributed by atoms with Gasteiger partial charge in [-0.2, -0.15) is 9.13 Å². The molecular formula is C16H19ClN2O2. The lowest BCUT2D eigenvalue weighted by molar-refractivity contribution is -0.568. The molecule has 5 heteroatoms. The maximum absolute atomic E-state index is 8.89. The van der Waals surface area contributed by atoms with Gasteiger partial charge < -0.3 is 22.3 Å². The first-order chi connectivity index (χ1) is 9.60. The number of aliphatic carboxylic acids is 1. The molecule has 0 spiro atoms. The molecule has 0 aliphatic carbocycles. The number of hydrogen-bond donors (Lipinski definition) is 0. The first-order valence-electron chi connectivity index (χ1n) is 5.94. The second kappa shape index (κ2) is 14.0. The van der Waals surface area contributed by atoms with Crippen LogP contribution in [-0.4, -0.2) is 5.97 Å². The Balaban J connectivity index is 0. The first kappa shape index (κ1) is 20.8. The Bertz CT molecular complexity index is 469. The van der Waals surface area contributed by atoms with E-state index in [0.717, 1.165) is 6.92 Å². The minimum absolute atomic E-state index is 0. The van der Waals surface area contributed by atoms with Crippen molar-refractivity contribution in [3.05, 3.63) is 74.3 Å². The summed E-state index contributed by atoms with van der Waals surface area (Å²) in [5.41, 5.74) is 0. The van der Waals surface area contributed by atoms with Gasteiger partial charge in [-0.25, -0.2) is 0 Å². The van der Waals surface area contributed by atoms with E-state index in [4.69, 9.17) is 9.90 Å². The molecule has 0 saturated heterocycles. The van der Waals surface area contributed by atoms with Crippen molar-refractivity contribution in [3.63, 3.8) is 0 Å². The quantitative estimate of drug-likeness (QED) is 0.598. The van der Waals surface area contributed by atoms with Crippen LogP contribution in [0.3, 0.4) is 0 Å². The molecular weight excluding hydrogens is 288 g/mol. The second-order valence-corrected chi connectivity index (χ2v) is 3.50. The SMILES string of the molecule is C=C[n+]1ccccc1.C=C[n+]1ccccc1.CC(=O)[O-].[Cl-]. The van der Waals surface area contributed by atoms with Gasteiger partial charge in [0.15, 0.2) is 37.2 Å². The molecule has 0 saturated carbocycles. The highest BCUT2D eigenvalue weighted by atomic mass is 35.5. The van der Waals surface area contributed by atoms with Crippen LogP contribution in [0, 0.1) is 0 Å². The van der Waals surface area contributed by atoms with Crippen molar-refractivity contribution in [3.8, 4) is 0 Å². The summed E-state index contributed by atoms with van der Waals surface area (Å²) in [7, 11) is 0. The fourth-order valence-corrected chi connectivity index (χ4v) is 1.07. The van der Waals surface area contributed by atoms with E-state index < -0.39 is 5.97 Å². The maximum atomic E-state index is 8.89. The molecule has 4 nitrogen and oxygen atoms in total. The zero-order valence-corrected chi connectivity index (χ0v) is 12.7. The summed E-state index contributed by atoms with van der Waals surface area (Å²) >= 11 is 0. The molecule has 0 fully saturated rings. The van der Waals surface area contributed by atoms with E-state index in [0.29, 0.717) is 0 Å². The number of carboxylic acid groups (broad SMARTS) is 1. The Hall–Kier alpha value is -2.46. The standard InChI is InChI=1S/2C7H8N.C2H4O2.ClH/c2*1-2-8-6-4-3-5-7-8;1-2(3)4;/h2*2-7H,1H2;1H3,(H,3,4);1H/q2*+1;;/p-2. The van der Waals surface area contributed by atoms with Crippen molar-refractivity contribution in [1.82, 2.24) is 0 Å². The largest absolute Gasteiger partial charge is 1.00 e. The number of rotatable bonds is 2. The van der Waals surface area contributed by atoms with Crippen LogP contribution in [-0.2, 0) is 4.79 Å². The average Bonchev–Trinajstić information content (AvgIpc) is 2.49. The lowest BCUT2D eigenvalue weighted by Crippen LogP contribution is -3.00. The predicted octanol–water partition coefficient (Wildman–Crippen LogP) is -2.09. The van der Waals surface area contributed by atoms with Gasteiger partial charge in [-0.05, 0) is 20.1 Å². The molecule has 0 atom stereocenters. The van der Waals surface area contributed by atoms with Crippen molar-refractivity contribution in [2.75, 3.05) is 0 Å². The fraction of sp³-hybridized carbons (Fsp3) is 0.0625. The van der Waals surface area contributed by atoms with Crippen molar-refractivity contribution < 1.29 is 31.4 Å². The van der Waals surface area contributed by atoms with Gasteiger partial charge in [0.05, 0.1) is 0 Å². The molecule has 0 aromatic carbocycles. The summed E-state index contributed by atoms with van der Waals surface area (Å²) in [6.45, 7) is 8.16. The molecule has 0 N–H and O–H groups in total. The number of aromatic nitrogens is 2. The Morgan fingerprint density at radius 2 is 1.10 bits per heavy atom. The van der Waals surface area contributed by atoms with Gasteiger partial charge in [0.1, 0.15) is 0 Å². The summed E-state index contributed by atoms with van der Waals surface area (Å²) in [5.74, 6) is -1.08. The van der Waals surface area contributed by atoms with Gasteiger partial charge in [-0.1, -0.05) is 12.1 Å². The van der Waals surface area contributed by atoms with Crippen molar-refractivity contribution >= 4 is 18.4 Å². The third-order valence-electron chi connectivity index (χ3n) is 1.90. The number of carboxylic acids is 1. The van der Waals surface area contributed by atoms with Crippen LogP contribution in [0.2, 0.25) is 0 Å². The lowest BCUT2D eigenvalue weighted by atomic mass is 10.5. The maximum Gasteiger partial charge on any atom is 0.174 e. The van der Waals surface area contributed by atoms with Gasteiger partial charge in [-0.3, -0.25) is 0 Å². The normalized spacial score (nSPS) is 7.67. The number of hydrogen-bond acceptors (Lipinski definition) is 2. The summed E-state index contributed by atoms with van der Waals surface area (Å²) in [5, 5.41) is 8.89. The van der Waals surface area contributed by atoms with E-state index in [2.05, 4.69) is 13.2 Å². The minimum Gasteiger partial charge on any atom is -1.00 e. The third kappa shape index (κ3) is 13.8. The van der Waals surface area contributed by atoms with Crippen molar-refractivity contribution in [2.45, 2.75) is 6.92 Å².